The van der Waals surface area contributed by atoms with Gasteiger partial charge in [0.25, 0.3) is 0 Å². The molecule has 2 atom stereocenters. The highest BCUT2D eigenvalue weighted by atomic mass is 79.9. The molecule has 0 saturated heterocycles. The van der Waals surface area contributed by atoms with Crippen molar-refractivity contribution in [2.75, 3.05) is 0 Å². The van der Waals surface area contributed by atoms with E-state index in [0.717, 1.165) is 28.8 Å². The second kappa shape index (κ2) is 5.83. The van der Waals surface area contributed by atoms with Crippen LogP contribution in [0.25, 0.3) is 0 Å². The Bertz CT molecular complexity index is 384. The van der Waals surface area contributed by atoms with Gasteiger partial charge >= 0.3 is 0 Å². The average molecular weight is 299 g/mol. The lowest BCUT2D eigenvalue weighted by Crippen LogP contribution is -2.38. The van der Waals surface area contributed by atoms with Gasteiger partial charge < -0.3 is 10.5 Å². The van der Waals surface area contributed by atoms with E-state index in [1.165, 1.54) is 19.3 Å². The third-order valence-corrected chi connectivity index (χ3v) is 3.70. The molecule has 17 heavy (non-hydrogen) atoms. The molecule has 2 rings (SSSR count). The first kappa shape index (κ1) is 12.8. The standard InChI is InChI=1S/C13H19BrN2O/c1-9-7-10(14)8-16-13(9)17-12-6-4-2-3-5-11(12)15/h7-8,11-12H,2-6,15H2,1H3. The summed E-state index contributed by atoms with van der Waals surface area (Å²) < 4.78 is 6.96. The molecule has 0 radical (unpaired) electrons. The maximum Gasteiger partial charge on any atom is 0.216 e. The summed E-state index contributed by atoms with van der Waals surface area (Å²) in [5.74, 6) is 0.718. The van der Waals surface area contributed by atoms with E-state index < -0.39 is 0 Å². The van der Waals surface area contributed by atoms with Crippen LogP contribution in [0.5, 0.6) is 5.88 Å². The number of ether oxygens (including phenoxy) is 1. The van der Waals surface area contributed by atoms with Crippen molar-refractivity contribution in [3.63, 3.8) is 0 Å². The summed E-state index contributed by atoms with van der Waals surface area (Å²) in [4.78, 5) is 4.31. The first-order valence-electron chi connectivity index (χ1n) is 6.21. The average Bonchev–Trinajstić information content (AvgIpc) is 2.48. The Morgan fingerprint density at radius 1 is 1.35 bits per heavy atom. The second-order valence-corrected chi connectivity index (χ2v) is 5.65. The zero-order valence-corrected chi connectivity index (χ0v) is 11.7. The molecule has 3 nitrogen and oxygen atoms in total. The Morgan fingerprint density at radius 2 is 2.12 bits per heavy atom. The highest BCUT2D eigenvalue weighted by Crippen LogP contribution is 2.24. The van der Waals surface area contributed by atoms with Crippen molar-refractivity contribution in [3.8, 4) is 5.88 Å². The zero-order chi connectivity index (χ0) is 12.3. The van der Waals surface area contributed by atoms with Gasteiger partial charge in [0.2, 0.25) is 5.88 Å². The Morgan fingerprint density at radius 3 is 2.88 bits per heavy atom. The van der Waals surface area contributed by atoms with Crippen molar-refractivity contribution in [2.24, 2.45) is 5.73 Å². The normalized spacial score (nSPS) is 25.4. The van der Waals surface area contributed by atoms with Crippen molar-refractivity contribution < 1.29 is 4.74 Å². The van der Waals surface area contributed by atoms with Gasteiger partial charge in [-0.2, -0.15) is 0 Å². The van der Waals surface area contributed by atoms with Crippen LogP contribution in [0, 0.1) is 6.92 Å². The molecule has 0 spiro atoms. The van der Waals surface area contributed by atoms with Gasteiger partial charge in [0.05, 0.1) is 0 Å². The molecular weight excluding hydrogens is 280 g/mol. The fourth-order valence-corrected chi connectivity index (χ4v) is 2.69. The van der Waals surface area contributed by atoms with Gasteiger partial charge in [0.1, 0.15) is 6.10 Å². The number of rotatable bonds is 2. The van der Waals surface area contributed by atoms with E-state index in [4.69, 9.17) is 10.5 Å². The monoisotopic (exact) mass is 298 g/mol. The summed E-state index contributed by atoms with van der Waals surface area (Å²) in [6.45, 7) is 2.01. The van der Waals surface area contributed by atoms with Crippen LogP contribution in [-0.4, -0.2) is 17.1 Å². The Balaban J connectivity index is 2.08. The molecule has 4 heteroatoms. The van der Waals surface area contributed by atoms with E-state index in [-0.39, 0.29) is 12.1 Å². The molecule has 0 amide bonds. The minimum Gasteiger partial charge on any atom is -0.473 e. The third-order valence-electron chi connectivity index (χ3n) is 3.26. The summed E-state index contributed by atoms with van der Waals surface area (Å²) in [6, 6.07) is 2.16. The second-order valence-electron chi connectivity index (χ2n) is 4.73. The van der Waals surface area contributed by atoms with Crippen LogP contribution in [0.1, 0.15) is 37.7 Å². The van der Waals surface area contributed by atoms with Gasteiger partial charge in [0.15, 0.2) is 0 Å². The van der Waals surface area contributed by atoms with Crippen LogP contribution in [0.3, 0.4) is 0 Å². The highest BCUT2D eigenvalue weighted by molar-refractivity contribution is 9.10. The van der Waals surface area contributed by atoms with E-state index in [9.17, 15) is 0 Å². The van der Waals surface area contributed by atoms with Crippen molar-refractivity contribution in [1.29, 1.82) is 0 Å². The molecule has 2 N–H and O–H groups in total. The van der Waals surface area contributed by atoms with Gasteiger partial charge in [-0.3, -0.25) is 0 Å². The summed E-state index contributed by atoms with van der Waals surface area (Å²) in [5.41, 5.74) is 7.20. The van der Waals surface area contributed by atoms with Crippen LogP contribution in [0.4, 0.5) is 0 Å². The molecule has 1 aromatic heterocycles. The van der Waals surface area contributed by atoms with E-state index >= 15 is 0 Å². The largest absolute Gasteiger partial charge is 0.473 e. The molecule has 1 fully saturated rings. The topological polar surface area (TPSA) is 48.1 Å². The summed E-state index contributed by atoms with van der Waals surface area (Å²) in [7, 11) is 0. The Kier molecular flexibility index (Phi) is 4.40. The van der Waals surface area contributed by atoms with Gasteiger partial charge in [-0.15, -0.1) is 0 Å². The van der Waals surface area contributed by atoms with Gasteiger partial charge in [-0.05, 0) is 48.2 Å². The van der Waals surface area contributed by atoms with Gasteiger partial charge in [-0.1, -0.05) is 12.8 Å². The maximum atomic E-state index is 6.14. The lowest BCUT2D eigenvalue weighted by Gasteiger charge is -2.23. The van der Waals surface area contributed by atoms with Crippen LogP contribution in [0.2, 0.25) is 0 Å². The van der Waals surface area contributed by atoms with E-state index in [1.54, 1.807) is 6.20 Å². The number of halogens is 1. The number of nitrogens with zero attached hydrogens (tertiary/aromatic N) is 1. The SMILES string of the molecule is Cc1cc(Br)cnc1OC1CCCCCC1N. The van der Waals surface area contributed by atoms with Crippen molar-refractivity contribution >= 4 is 15.9 Å². The van der Waals surface area contributed by atoms with E-state index in [0.29, 0.717) is 0 Å². The quantitative estimate of drug-likeness (QED) is 0.853. The van der Waals surface area contributed by atoms with Crippen LogP contribution < -0.4 is 10.5 Å². The number of hydrogen-bond acceptors (Lipinski definition) is 3. The van der Waals surface area contributed by atoms with Crippen LogP contribution >= 0.6 is 15.9 Å². The fraction of sp³-hybridized carbons (Fsp3) is 0.615. The molecule has 1 aromatic rings. The smallest absolute Gasteiger partial charge is 0.216 e. The number of aromatic nitrogens is 1. The van der Waals surface area contributed by atoms with E-state index in [2.05, 4.69) is 20.9 Å². The first-order valence-corrected chi connectivity index (χ1v) is 7.00. The number of pyridine rings is 1. The summed E-state index contributed by atoms with van der Waals surface area (Å²) >= 11 is 3.40. The fourth-order valence-electron chi connectivity index (χ4n) is 2.24. The molecule has 2 unspecified atom stereocenters. The predicted molar refractivity (Wildman–Crippen MR) is 72.2 cm³/mol. The molecule has 0 aliphatic heterocycles. The molecular formula is C13H19BrN2O. The molecule has 1 aliphatic carbocycles. The maximum absolute atomic E-state index is 6.14. The number of aryl methyl sites for hydroxylation is 1. The van der Waals surface area contributed by atoms with Gasteiger partial charge in [-0.25, -0.2) is 4.98 Å². The summed E-state index contributed by atoms with van der Waals surface area (Å²) in [5, 5.41) is 0. The lowest BCUT2D eigenvalue weighted by molar-refractivity contribution is 0.155. The lowest BCUT2D eigenvalue weighted by atomic mass is 10.1. The number of nitrogens with two attached hydrogens (primary N) is 1. The van der Waals surface area contributed by atoms with Crippen LogP contribution in [0.15, 0.2) is 16.7 Å². The molecule has 0 aromatic carbocycles. The molecule has 0 bridgehead atoms. The zero-order valence-electron chi connectivity index (χ0n) is 10.2. The highest BCUT2D eigenvalue weighted by Gasteiger charge is 2.22. The third kappa shape index (κ3) is 3.42. The minimum atomic E-state index is 0.116. The molecule has 1 aliphatic rings. The predicted octanol–water partition coefficient (Wildman–Crippen LogP) is 3.19. The molecule has 1 heterocycles. The Hall–Kier alpha value is -0.610. The Labute approximate surface area is 111 Å². The molecule has 94 valence electrons. The van der Waals surface area contributed by atoms with Crippen molar-refractivity contribution in [3.05, 3.63) is 22.3 Å². The van der Waals surface area contributed by atoms with Gasteiger partial charge in [0, 0.05) is 22.3 Å². The number of hydrogen-bond donors (Lipinski definition) is 1. The van der Waals surface area contributed by atoms with E-state index in [1.807, 2.05) is 13.0 Å². The van der Waals surface area contributed by atoms with Crippen molar-refractivity contribution in [1.82, 2.24) is 4.98 Å². The molecule has 1 saturated carbocycles. The van der Waals surface area contributed by atoms with Crippen molar-refractivity contribution in [2.45, 2.75) is 51.2 Å². The minimum absolute atomic E-state index is 0.116. The first-order chi connectivity index (χ1) is 8.16. The summed E-state index contributed by atoms with van der Waals surface area (Å²) in [6.07, 6.45) is 7.66. The van der Waals surface area contributed by atoms with Crippen LogP contribution in [-0.2, 0) is 0 Å².